The van der Waals surface area contributed by atoms with Crippen LogP contribution in [0.2, 0.25) is 5.02 Å². The molecule has 0 radical (unpaired) electrons. The van der Waals surface area contributed by atoms with Gasteiger partial charge in [-0.25, -0.2) is 9.59 Å². The van der Waals surface area contributed by atoms with Crippen LogP contribution >= 0.6 is 11.6 Å². The average Bonchev–Trinajstić information content (AvgIpc) is 2.63. The lowest BCUT2D eigenvalue weighted by atomic mass is 9.91. The minimum Gasteiger partial charge on any atom is -0.478 e. The minimum absolute atomic E-state index is 0.0351. The number of rotatable bonds is 6. The first-order valence-corrected chi connectivity index (χ1v) is 8.50. The van der Waals surface area contributed by atoms with E-state index >= 15 is 0 Å². The summed E-state index contributed by atoms with van der Waals surface area (Å²) in [4.78, 5) is 19.1. The van der Waals surface area contributed by atoms with Gasteiger partial charge in [-0.2, -0.15) is 0 Å². The minimum atomic E-state index is -1.26. The smallest absolute Gasteiger partial charge is 0.328 e. The topological polar surface area (TPSA) is 101 Å². The molecule has 0 heterocycles. The maximum Gasteiger partial charge on any atom is 0.328 e. The summed E-state index contributed by atoms with van der Waals surface area (Å²) >= 11 is 6.11. The lowest BCUT2D eigenvalue weighted by Gasteiger charge is -2.17. The van der Waals surface area contributed by atoms with E-state index in [1.165, 1.54) is 5.56 Å². The number of aryl methyl sites for hydroxylation is 1. The summed E-state index contributed by atoms with van der Waals surface area (Å²) in [5.41, 5.74) is 10.8. The maximum atomic E-state index is 9.55. The first-order chi connectivity index (χ1) is 12.8. The zero-order valence-corrected chi connectivity index (χ0v) is 15.7. The van der Waals surface area contributed by atoms with Gasteiger partial charge in [-0.15, -0.1) is 6.58 Å². The number of nitrogens with two attached hydrogens (primary N) is 1. The molecule has 0 aromatic heterocycles. The quantitative estimate of drug-likeness (QED) is 0.496. The maximum absolute atomic E-state index is 9.55. The molecule has 0 fully saturated rings. The number of aliphatic carboxylic acids is 2. The number of hydrogen-bond acceptors (Lipinski definition) is 3. The molecule has 0 amide bonds. The van der Waals surface area contributed by atoms with E-state index in [0.29, 0.717) is 12.2 Å². The molecule has 6 heteroatoms. The van der Waals surface area contributed by atoms with E-state index in [-0.39, 0.29) is 6.04 Å². The van der Waals surface area contributed by atoms with Gasteiger partial charge >= 0.3 is 11.9 Å². The molecule has 0 saturated heterocycles. The Morgan fingerprint density at radius 1 is 1.11 bits per heavy atom. The molecule has 0 aliphatic heterocycles. The van der Waals surface area contributed by atoms with Crippen LogP contribution in [0, 0.1) is 6.92 Å². The van der Waals surface area contributed by atoms with Gasteiger partial charge in [0, 0.05) is 23.2 Å². The van der Waals surface area contributed by atoms with Crippen LogP contribution in [-0.4, -0.2) is 22.2 Å². The highest BCUT2D eigenvalue weighted by Crippen LogP contribution is 2.32. The van der Waals surface area contributed by atoms with Gasteiger partial charge in [0.05, 0.1) is 0 Å². The number of hydrogen-bond donors (Lipinski definition) is 3. The Balaban J connectivity index is 0.000000387. The number of halogens is 1. The SMILES string of the molecule is C=CCC(N)c1ccccc1-c1cc(Cl)ccc1C.O=C(O)/C=C/C(=O)O. The first kappa shape index (κ1) is 22.2. The summed E-state index contributed by atoms with van der Waals surface area (Å²) in [6, 6.07) is 14.1. The van der Waals surface area contributed by atoms with E-state index in [1.807, 2.05) is 36.4 Å². The summed E-state index contributed by atoms with van der Waals surface area (Å²) in [5, 5.41) is 16.4. The number of carboxylic acid groups (broad SMARTS) is 2. The molecule has 27 heavy (non-hydrogen) atoms. The van der Waals surface area contributed by atoms with E-state index in [9.17, 15) is 9.59 Å². The molecule has 4 N–H and O–H groups in total. The van der Waals surface area contributed by atoms with E-state index < -0.39 is 11.9 Å². The predicted molar refractivity (Wildman–Crippen MR) is 108 cm³/mol. The van der Waals surface area contributed by atoms with Crippen LogP contribution in [0.25, 0.3) is 11.1 Å². The van der Waals surface area contributed by atoms with Crippen molar-refractivity contribution in [2.45, 2.75) is 19.4 Å². The second kappa shape index (κ2) is 11.0. The third kappa shape index (κ3) is 7.48. The standard InChI is InChI=1S/C17H18ClN.C4H4O4/c1-3-6-17(19)15-8-5-4-7-14(15)16-11-13(18)10-9-12(16)2;5-3(6)1-2-4(7)8/h3-5,7-11,17H,1,6,19H2,2H3;1-2H,(H,5,6)(H,7,8)/b;2-1+. The van der Waals surface area contributed by atoms with Crippen molar-refractivity contribution in [3.8, 4) is 11.1 Å². The Bertz CT molecular complexity index is 830. The Labute approximate surface area is 163 Å². The molecule has 2 aromatic rings. The monoisotopic (exact) mass is 387 g/mol. The first-order valence-electron chi connectivity index (χ1n) is 8.12. The van der Waals surface area contributed by atoms with Gasteiger partial charge in [-0.1, -0.05) is 48.0 Å². The van der Waals surface area contributed by atoms with Gasteiger partial charge in [0.15, 0.2) is 0 Å². The summed E-state index contributed by atoms with van der Waals surface area (Å²) in [5.74, 6) is -2.51. The van der Waals surface area contributed by atoms with E-state index in [0.717, 1.165) is 28.1 Å². The van der Waals surface area contributed by atoms with Gasteiger partial charge in [0.1, 0.15) is 0 Å². The van der Waals surface area contributed by atoms with Gasteiger partial charge < -0.3 is 15.9 Å². The number of carbonyl (C=O) groups is 2. The Hall–Kier alpha value is -2.89. The zero-order valence-electron chi connectivity index (χ0n) is 14.9. The molecule has 0 aliphatic rings. The Morgan fingerprint density at radius 2 is 1.70 bits per heavy atom. The molecule has 142 valence electrons. The summed E-state index contributed by atoms with van der Waals surface area (Å²) in [6.45, 7) is 5.84. The summed E-state index contributed by atoms with van der Waals surface area (Å²) in [7, 11) is 0. The van der Waals surface area contributed by atoms with Gasteiger partial charge in [0.2, 0.25) is 0 Å². The fourth-order valence-electron chi connectivity index (χ4n) is 2.40. The largest absolute Gasteiger partial charge is 0.478 e. The van der Waals surface area contributed by atoms with Crippen LogP contribution in [0.1, 0.15) is 23.6 Å². The normalized spacial score (nSPS) is 11.4. The van der Waals surface area contributed by atoms with Gasteiger partial charge in [-0.05, 0) is 47.7 Å². The van der Waals surface area contributed by atoms with Gasteiger partial charge in [0.25, 0.3) is 0 Å². The van der Waals surface area contributed by atoms with Crippen LogP contribution in [0.15, 0.2) is 67.3 Å². The average molecular weight is 388 g/mol. The van der Waals surface area contributed by atoms with Gasteiger partial charge in [-0.3, -0.25) is 0 Å². The molecule has 1 unspecified atom stereocenters. The van der Waals surface area contributed by atoms with Crippen molar-refractivity contribution >= 4 is 23.5 Å². The number of carboxylic acids is 2. The third-order valence-electron chi connectivity index (χ3n) is 3.64. The predicted octanol–water partition coefficient (Wildman–Crippen LogP) is 4.60. The molecule has 0 aliphatic carbocycles. The third-order valence-corrected chi connectivity index (χ3v) is 3.87. The van der Waals surface area contributed by atoms with Crippen LogP contribution in [0.5, 0.6) is 0 Å². The van der Waals surface area contributed by atoms with Crippen molar-refractivity contribution in [3.05, 3.63) is 83.4 Å². The molecule has 2 rings (SSSR count). The molecule has 0 spiro atoms. The lowest BCUT2D eigenvalue weighted by Crippen LogP contribution is -2.10. The summed E-state index contributed by atoms with van der Waals surface area (Å²) < 4.78 is 0. The highest BCUT2D eigenvalue weighted by Gasteiger charge is 2.12. The second-order valence-electron chi connectivity index (χ2n) is 5.69. The lowest BCUT2D eigenvalue weighted by molar-refractivity contribution is -0.134. The zero-order chi connectivity index (χ0) is 20.4. The molecule has 0 bridgehead atoms. The molecule has 0 saturated carbocycles. The Kier molecular flexibility index (Phi) is 8.99. The Morgan fingerprint density at radius 3 is 2.26 bits per heavy atom. The van der Waals surface area contributed by atoms with E-state index in [1.54, 1.807) is 0 Å². The van der Waals surface area contributed by atoms with Crippen molar-refractivity contribution in [2.24, 2.45) is 5.73 Å². The molecule has 2 aromatic carbocycles. The van der Waals surface area contributed by atoms with Crippen molar-refractivity contribution in [1.82, 2.24) is 0 Å². The van der Waals surface area contributed by atoms with Crippen LogP contribution in [0.4, 0.5) is 0 Å². The molecule has 1 atom stereocenters. The highest BCUT2D eigenvalue weighted by atomic mass is 35.5. The van der Waals surface area contributed by atoms with Crippen molar-refractivity contribution < 1.29 is 19.8 Å². The van der Waals surface area contributed by atoms with Crippen LogP contribution in [-0.2, 0) is 9.59 Å². The summed E-state index contributed by atoms with van der Waals surface area (Å²) in [6.07, 6.45) is 3.73. The van der Waals surface area contributed by atoms with E-state index in [4.69, 9.17) is 27.5 Å². The van der Waals surface area contributed by atoms with Crippen molar-refractivity contribution in [1.29, 1.82) is 0 Å². The molecule has 5 nitrogen and oxygen atoms in total. The fourth-order valence-corrected chi connectivity index (χ4v) is 2.57. The number of benzene rings is 2. The fraction of sp³-hybridized carbons (Fsp3) is 0.143. The molecular formula is C21H22ClNO4. The van der Waals surface area contributed by atoms with Crippen LogP contribution < -0.4 is 5.73 Å². The van der Waals surface area contributed by atoms with E-state index in [2.05, 4.69) is 25.6 Å². The van der Waals surface area contributed by atoms with Crippen LogP contribution in [0.3, 0.4) is 0 Å². The van der Waals surface area contributed by atoms with Crippen molar-refractivity contribution in [2.75, 3.05) is 0 Å². The highest BCUT2D eigenvalue weighted by molar-refractivity contribution is 6.30. The second-order valence-corrected chi connectivity index (χ2v) is 6.12. The molecular weight excluding hydrogens is 366 g/mol. The van der Waals surface area contributed by atoms with Crippen molar-refractivity contribution in [3.63, 3.8) is 0 Å².